The lowest BCUT2D eigenvalue weighted by atomic mass is 9.78. The number of benzene rings is 2. The summed E-state index contributed by atoms with van der Waals surface area (Å²) in [7, 11) is -0.492. The molecule has 1 aliphatic rings. The molecular weight excluding hydrogens is 337 g/mol. The highest BCUT2D eigenvalue weighted by Crippen LogP contribution is 2.36. The van der Waals surface area contributed by atoms with E-state index < -0.39 is 41.3 Å². The van der Waals surface area contributed by atoms with Gasteiger partial charge in [0.15, 0.2) is 5.78 Å². The summed E-state index contributed by atoms with van der Waals surface area (Å²) < 4.78 is 39.4. The van der Waals surface area contributed by atoms with Gasteiger partial charge in [0.1, 0.15) is 11.6 Å². The zero-order valence-corrected chi connectivity index (χ0v) is 15.3. The molecule has 0 radical (unpaired) electrons. The molecule has 0 N–H and O–H groups in total. The van der Waals surface area contributed by atoms with Crippen molar-refractivity contribution in [3.05, 3.63) is 65.2 Å². The van der Waals surface area contributed by atoms with Crippen molar-refractivity contribution in [1.29, 1.82) is 0 Å². The van der Waals surface area contributed by atoms with E-state index in [0.29, 0.717) is 5.56 Å². The van der Waals surface area contributed by atoms with Crippen LogP contribution in [0.25, 0.3) is 0 Å². The Morgan fingerprint density at radius 2 is 1.42 bits per heavy atom. The highest BCUT2D eigenvalue weighted by molar-refractivity contribution is 6.62. The first kappa shape index (κ1) is 18.7. The second-order valence-corrected chi connectivity index (χ2v) is 7.53. The van der Waals surface area contributed by atoms with Crippen molar-refractivity contribution in [2.75, 3.05) is 0 Å². The van der Waals surface area contributed by atoms with Crippen molar-refractivity contribution in [3.8, 4) is 0 Å². The van der Waals surface area contributed by atoms with Gasteiger partial charge in [-0.2, -0.15) is 0 Å². The summed E-state index contributed by atoms with van der Waals surface area (Å²) in [5, 5.41) is 0. The number of Topliss-reactive ketones (excluding diaryl/α,β-unsaturated/α-hetero) is 1. The Morgan fingerprint density at radius 3 is 1.92 bits per heavy atom. The Morgan fingerprint density at radius 1 is 0.923 bits per heavy atom. The van der Waals surface area contributed by atoms with Crippen molar-refractivity contribution in [1.82, 2.24) is 0 Å². The minimum Gasteiger partial charge on any atom is -0.399 e. The number of halogens is 2. The summed E-state index contributed by atoms with van der Waals surface area (Å²) in [5.41, 5.74) is 0.126. The van der Waals surface area contributed by atoms with Gasteiger partial charge in [-0.15, -0.1) is 0 Å². The van der Waals surface area contributed by atoms with E-state index in [0.717, 1.165) is 17.6 Å². The zero-order chi connectivity index (χ0) is 19.1. The van der Waals surface area contributed by atoms with Crippen molar-refractivity contribution in [3.63, 3.8) is 0 Å². The quantitative estimate of drug-likeness (QED) is 0.618. The van der Waals surface area contributed by atoms with Crippen molar-refractivity contribution < 1.29 is 22.9 Å². The predicted octanol–water partition coefficient (Wildman–Crippen LogP) is 3.69. The van der Waals surface area contributed by atoms with Crippen LogP contribution in [0.2, 0.25) is 0 Å². The van der Waals surface area contributed by atoms with E-state index in [4.69, 9.17) is 9.31 Å². The van der Waals surface area contributed by atoms with E-state index in [1.165, 1.54) is 6.07 Å². The lowest BCUT2D eigenvalue weighted by molar-refractivity contribution is 0.00578. The van der Waals surface area contributed by atoms with Crippen LogP contribution in [0, 0.1) is 11.6 Å². The summed E-state index contributed by atoms with van der Waals surface area (Å²) in [6, 6.07) is 10.5. The van der Waals surface area contributed by atoms with E-state index in [1.54, 1.807) is 12.1 Å². The number of hydrogen-bond donors (Lipinski definition) is 0. The highest BCUT2D eigenvalue weighted by Gasteiger charge is 2.51. The second-order valence-electron chi connectivity index (χ2n) is 7.53. The maximum Gasteiger partial charge on any atom is 0.494 e. The van der Waals surface area contributed by atoms with E-state index in [2.05, 4.69) is 0 Å². The Hall–Kier alpha value is -2.05. The van der Waals surface area contributed by atoms with Gasteiger partial charge in [-0.3, -0.25) is 4.79 Å². The van der Waals surface area contributed by atoms with Gasteiger partial charge in [0.2, 0.25) is 0 Å². The van der Waals surface area contributed by atoms with E-state index in [9.17, 15) is 13.6 Å². The fourth-order valence-corrected chi connectivity index (χ4v) is 2.81. The number of rotatable bonds is 4. The van der Waals surface area contributed by atoms with Crippen LogP contribution in [0.3, 0.4) is 0 Å². The van der Waals surface area contributed by atoms with Crippen LogP contribution in [0.5, 0.6) is 0 Å². The van der Waals surface area contributed by atoms with Gasteiger partial charge in [-0.05, 0) is 50.9 Å². The topological polar surface area (TPSA) is 35.5 Å². The number of carbonyl (C=O) groups is 1. The third kappa shape index (κ3) is 3.44. The SMILES string of the molecule is CC1(C)OB(c2ccc(CC(=O)c3c(F)cccc3F)cc2)OC1(C)C. The molecule has 0 aromatic heterocycles. The Kier molecular flexibility index (Phi) is 4.75. The Labute approximate surface area is 152 Å². The van der Waals surface area contributed by atoms with E-state index in [1.807, 2.05) is 39.8 Å². The van der Waals surface area contributed by atoms with Crippen LogP contribution in [0.15, 0.2) is 42.5 Å². The van der Waals surface area contributed by atoms with Crippen LogP contribution >= 0.6 is 0 Å². The Bertz CT molecular complexity index is 795. The summed E-state index contributed by atoms with van der Waals surface area (Å²) in [5.74, 6) is -2.28. The van der Waals surface area contributed by atoms with Gasteiger partial charge in [-0.1, -0.05) is 30.3 Å². The van der Waals surface area contributed by atoms with Gasteiger partial charge in [0.05, 0.1) is 16.8 Å². The Balaban J connectivity index is 1.74. The van der Waals surface area contributed by atoms with Crippen molar-refractivity contribution in [2.24, 2.45) is 0 Å². The van der Waals surface area contributed by atoms with Crippen molar-refractivity contribution >= 4 is 18.4 Å². The molecule has 1 aliphatic heterocycles. The molecule has 3 rings (SSSR count). The minimum absolute atomic E-state index is 0.0818. The summed E-state index contributed by atoms with van der Waals surface area (Å²) in [6.45, 7) is 7.90. The fraction of sp³-hybridized carbons (Fsp3) is 0.350. The van der Waals surface area contributed by atoms with Crippen LogP contribution in [0.1, 0.15) is 43.6 Å². The molecule has 3 nitrogen and oxygen atoms in total. The minimum atomic E-state index is -0.844. The van der Waals surface area contributed by atoms with Gasteiger partial charge >= 0.3 is 7.12 Å². The van der Waals surface area contributed by atoms with Gasteiger partial charge < -0.3 is 9.31 Å². The first-order valence-corrected chi connectivity index (χ1v) is 8.52. The fourth-order valence-electron chi connectivity index (χ4n) is 2.81. The molecule has 0 saturated carbocycles. The molecule has 1 fully saturated rings. The molecule has 1 heterocycles. The molecule has 0 amide bonds. The standard InChI is InChI=1S/C20H21BF2O3/c1-19(2)20(3,4)26-21(25-19)14-10-8-13(9-11-14)12-17(24)18-15(22)6-5-7-16(18)23/h5-11H,12H2,1-4H3. The van der Waals surface area contributed by atoms with Crippen LogP contribution < -0.4 is 5.46 Å². The van der Waals surface area contributed by atoms with Gasteiger partial charge in [0.25, 0.3) is 0 Å². The number of hydrogen-bond acceptors (Lipinski definition) is 3. The molecule has 26 heavy (non-hydrogen) atoms. The normalized spacial score (nSPS) is 18.2. The molecule has 2 aromatic rings. The first-order valence-electron chi connectivity index (χ1n) is 8.52. The second kappa shape index (κ2) is 6.60. The molecule has 0 bridgehead atoms. The van der Waals surface area contributed by atoms with Crippen molar-refractivity contribution in [2.45, 2.75) is 45.3 Å². The average Bonchev–Trinajstić information content (AvgIpc) is 2.76. The molecule has 0 atom stereocenters. The van der Waals surface area contributed by atoms with Crippen LogP contribution in [-0.2, 0) is 15.7 Å². The average molecular weight is 358 g/mol. The monoisotopic (exact) mass is 358 g/mol. The van der Waals surface area contributed by atoms with Crippen LogP contribution in [-0.4, -0.2) is 24.1 Å². The highest BCUT2D eigenvalue weighted by atomic mass is 19.1. The van der Waals surface area contributed by atoms with Crippen LogP contribution in [0.4, 0.5) is 8.78 Å². The number of ketones is 1. The van der Waals surface area contributed by atoms with Gasteiger partial charge in [0, 0.05) is 6.42 Å². The molecule has 6 heteroatoms. The summed E-state index contributed by atoms with van der Waals surface area (Å²) in [6.07, 6.45) is -0.0818. The van der Waals surface area contributed by atoms with E-state index in [-0.39, 0.29) is 6.42 Å². The summed E-state index contributed by atoms with van der Waals surface area (Å²) in [4.78, 5) is 12.2. The summed E-state index contributed by atoms with van der Waals surface area (Å²) >= 11 is 0. The molecule has 0 spiro atoms. The predicted molar refractivity (Wildman–Crippen MR) is 96.6 cm³/mol. The number of carbonyl (C=O) groups excluding carboxylic acids is 1. The maximum atomic E-state index is 13.7. The third-order valence-corrected chi connectivity index (χ3v) is 5.11. The third-order valence-electron chi connectivity index (χ3n) is 5.11. The maximum absolute atomic E-state index is 13.7. The molecular formula is C20H21BF2O3. The molecule has 136 valence electrons. The lowest BCUT2D eigenvalue weighted by Gasteiger charge is -2.32. The largest absolute Gasteiger partial charge is 0.494 e. The zero-order valence-electron chi connectivity index (χ0n) is 15.3. The van der Waals surface area contributed by atoms with Gasteiger partial charge in [-0.25, -0.2) is 8.78 Å². The van der Waals surface area contributed by atoms with E-state index >= 15 is 0 Å². The molecule has 0 unspecified atom stereocenters. The molecule has 1 saturated heterocycles. The smallest absolute Gasteiger partial charge is 0.399 e. The molecule has 2 aromatic carbocycles. The first-order chi connectivity index (χ1) is 12.1. The lowest BCUT2D eigenvalue weighted by Crippen LogP contribution is -2.41. The molecule has 0 aliphatic carbocycles.